The van der Waals surface area contributed by atoms with Gasteiger partial charge in [-0.3, -0.25) is 0 Å². The molecule has 0 aliphatic carbocycles. The van der Waals surface area contributed by atoms with E-state index in [1.807, 2.05) is 27.0 Å². The van der Waals surface area contributed by atoms with Crippen molar-refractivity contribution < 1.29 is 9.90 Å². The summed E-state index contributed by atoms with van der Waals surface area (Å²) in [6.45, 7) is 5.76. The molecule has 0 spiro atoms. The Morgan fingerprint density at radius 3 is 2.53 bits per heavy atom. The Bertz CT molecular complexity index is 552. The monoisotopic (exact) mass is 203 g/mol. The molecule has 0 aliphatic heterocycles. The Balaban J connectivity index is 2.94. The van der Waals surface area contributed by atoms with Crippen LogP contribution in [-0.4, -0.2) is 16.1 Å². The number of aromatic carboxylic acids is 1. The fraction of sp³-hybridized carbons (Fsp3) is 0.250. The highest BCUT2D eigenvalue weighted by molar-refractivity contribution is 5.99. The molecule has 2 rings (SSSR count). The van der Waals surface area contributed by atoms with E-state index in [0.29, 0.717) is 5.56 Å². The molecule has 3 heteroatoms. The van der Waals surface area contributed by atoms with Crippen LogP contribution >= 0.6 is 0 Å². The molecule has 3 nitrogen and oxygen atoms in total. The summed E-state index contributed by atoms with van der Waals surface area (Å²) in [6.07, 6.45) is 1.91. The Morgan fingerprint density at radius 2 is 1.93 bits per heavy atom. The van der Waals surface area contributed by atoms with Crippen molar-refractivity contribution in [3.63, 3.8) is 0 Å². The molecule has 15 heavy (non-hydrogen) atoms. The van der Waals surface area contributed by atoms with Gasteiger partial charge in [0.25, 0.3) is 0 Å². The predicted molar refractivity (Wildman–Crippen MR) is 59.5 cm³/mol. The topological polar surface area (TPSA) is 53.1 Å². The molecule has 0 atom stereocenters. The number of aromatic nitrogens is 1. The second kappa shape index (κ2) is 3.12. The van der Waals surface area contributed by atoms with Gasteiger partial charge in [0.2, 0.25) is 0 Å². The number of benzene rings is 1. The van der Waals surface area contributed by atoms with E-state index >= 15 is 0 Å². The summed E-state index contributed by atoms with van der Waals surface area (Å²) in [5.41, 5.74) is 4.33. The number of carboxylic acids is 1. The van der Waals surface area contributed by atoms with Crippen LogP contribution in [0.15, 0.2) is 12.3 Å². The fourth-order valence-corrected chi connectivity index (χ4v) is 2.07. The van der Waals surface area contributed by atoms with E-state index in [1.165, 1.54) is 0 Å². The number of aromatic amines is 1. The highest BCUT2D eigenvalue weighted by atomic mass is 16.4. The van der Waals surface area contributed by atoms with Gasteiger partial charge in [0.05, 0.1) is 5.56 Å². The first-order valence-electron chi connectivity index (χ1n) is 4.83. The van der Waals surface area contributed by atoms with Gasteiger partial charge in [0.1, 0.15) is 0 Å². The SMILES string of the molecule is Cc1cc(C(=O)O)c(C)c2c(C)c[nH]c12. The van der Waals surface area contributed by atoms with Gasteiger partial charge in [-0.1, -0.05) is 0 Å². The molecule has 1 aromatic carbocycles. The number of hydrogen-bond donors (Lipinski definition) is 2. The molecular weight excluding hydrogens is 190 g/mol. The zero-order valence-electron chi connectivity index (χ0n) is 9.01. The number of carbonyl (C=O) groups is 1. The average Bonchev–Trinajstić information content (AvgIpc) is 2.54. The Hall–Kier alpha value is -1.77. The molecule has 0 unspecified atom stereocenters. The van der Waals surface area contributed by atoms with E-state index in [9.17, 15) is 4.79 Å². The first-order chi connectivity index (χ1) is 7.02. The lowest BCUT2D eigenvalue weighted by molar-refractivity contribution is 0.0696. The number of nitrogens with one attached hydrogen (secondary N) is 1. The minimum atomic E-state index is -0.863. The summed E-state index contributed by atoms with van der Waals surface area (Å²) in [6, 6.07) is 1.72. The summed E-state index contributed by atoms with van der Waals surface area (Å²) < 4.78 is 0. The standard InChI is InChI=1S/C12H13NO2/c1-6-4-9(12(14)15)8(3)10-7(2)5-13-11(6)10/h4-5,13H,1-3H3,(H,14,15). The second-order valence-corrected chi connectivity index (χ2v) is 3.89. The van der Waals surface area contributed by atoms with Gasteiger partial charge < -0.3 is 10.1 Å². The maximum Gasteiger partial charge on any atom is 0.335 e. The van der Waals surface area contributed by atoms with Crippen molar-refractivity contribution in [3.05, 3.63) is 34.5 Å². The first-order valence-corrected chi connectivity index (χ1v) is 4.83. The molecule has 0 radical (unpaired) electrons. The molecule has 0 saturated carbocycles. The average molecular weight is 203 g/mol. The van der Waals surface area contributed by atoms with E-state index in [0.717, 1.165) is 27.6 Å². The minimum absolute atomic E-state index is 0.391. The van der Waals surface area contributed by atoms with Gasteiger partial charge in [0, 0.05) is 17.1 Å². The molecule has 1 aromatic heterocycles. The molecule has 0 bridgehead atoms. The molecular formula is C12H13NO2. The maximum atomic E-state index is 11.0. The summed E-state index contributed by atoms with van der Waals surface area (Å²) >= 11 is 0. The quantitative estimate of drug-likeness (QED) is 0.748. The summed E-state index contributed by atoms with van der Waals surface area (Å²) in [4.78, 5) is 14.2. The lowest BCUT2D eigenvalue weighted by Crippen LogP contribution is -2.01. The largest absolute Gasteiger partial charge is 0.478 e. The van der Waals surface area contributed by atoms with E-state index in [4.69, 9.17) is 5.11 Å². The number of H-pyrrole nitrogens is 1. The number of hydrogen-bond acceptors (Lipinski definition) is 1. The van der Waals surface area contributed by atoms with Crippen LogP contribution in [0.2, 0.25) is 0 Å². The number of fused-ring (bicyclic) bond motifs is 1. The van der Waals surface area contributed by atoms with Crippen LogP contribution in [0.5, 0.6) is 0 Å². The van der Waals surface area contributed by atoms with Crippen LogP contribution in [0.3, 0.4) is 0 Å². The number of carboxylic acid groups (broad SMARTS) is 1. The van der Waals surface area contributed by atoms with E-state index in [1.54, 1.807) is 6.07 Å². The van der Waals surface area contributed by atoms with E-state index < -0.39 is 5.97 Å². The molecule has 0 aliphatic rings. The van der Waals surface area contributed by atoms with Crippen molar-refractivity contribution in [1.29, 1.82) is 0 Å². The van der Waals surface area contributed by atoms with Crippen molar-refractivity contribution >= 4 is 16.9 Å². The van der Waals surface area contributed by atoms with Gasteiger partial charge in [-0.25, -0.2) is 4.79 Å². The summed E-state index contributed by atoms with van der Waals surface area (Å²) in [5.74, 6) is -0.863. The van der Waals surface area contributed by atoms with Gasteiger partial charge in [-0.15, -0.1) is 0 Å². The van der Waals surface area contributed by atoms with Crippen molar-refractivity contribution in [3.8, 4) is 0 Å². The summed E-state index contributed by atoms with van der Waals surface area (Å²) in [5, 5.41) is 10.1. The van der Waals surface area contributed by atoms with Crippen molar-refractivity contribution in [2.45, 2.75) is 20.8 Å². The second-order valence-electron chi connectivity index (χ2n) is 3.89. The van der Waals surface area contributed by atoms with Crippen LogP contribution in [0, 0.1) is 20.8 Å². The molecule has 0 amide bonds. The minimum Gasteiger partial charge on any atom is -0.478 e. The predicted octanol–water partition coefficient (Wildman–Crippen LogP) is 2.79. The Morgan fingerprint density at radius 1 is 1.27 bits per heavy atom. The lowest BCUT2D eigenvalue weighted by Gasteiger charge is -2.06. The van der Waals surface area contributed by atoms with Crippen molar-refractivity contribution in [1.82, 2.24) is 4.98 Å². The van der Waals surface area contributed by atoms with Crippen molar-refractivity contribution in [2.24, 2.45) is 0 Å². The van der Waals surface area contributed by atoms with E-state index in [2.05, 4.69) is 4.98 Å². The molecule has 2 N–H and O–H groups in total. The lowest BCUT2D eigenvalue weighted by atomic mass is 9.99. The van der Waals surface area contributed by atoms with Crippen LogP contribution in [-0.2, 0) is 0 Å². The zero-order valence-corrected chi connectivity index (χ0v) is 9.01. The number of aryl methyl sites for hydroxylation is 3. The molecule has 2 aromatic rings. The van der Waals surface area contributed by atoms with Crippen LogP contribution in [0.1, 0.15) is 27.0 Å². The van der Waals surface area contributed by atoms with Crippen LogP contribution in [0.4, 0.5) is 0 Å². The maximum absolute atomic E-state index is 11.0. The Labute approximate surface area is 87.7 Å². The third kappa shape index (κ3) is 1.31. The number of rotatable bonds is 1. The molecule has 0 saturated heterocycles. The summed E-state index contributed by atoms with van der Waals surface area (Å²) in [7, 11) is 0. The van der Waals surface area contributed by atoms with Gasteiger partial charge in [0.15, 0.2) is 0 Å². The molecule has 78 valence electrons. The third-order valence-corrected chi connectivity index (χ3v) is 2.84. The first kappa shape index (κ1) is 9.77. The van der Waals surface area contributed by atoms with Crippen LogP contribution in [0.25, 0.3) is 10.9 Å². The van der Waals surface area contributed by atoms with Crippen molar-refractivity contribution in [2.75, 3.05) is 0 Å². The highest BCUT2D eigenvalue weighted by Gasteiger charge is 2.14. The fourth-order valence-electron chi connectivity index (χ4n) is 2.07. The molecule has 0 fully saturated rings. The third-order valence-electron chi connectivity index (χ3n) is 2.84. The van der Waals surface area contributed by atoms with Crippen LogP contribution < -0.4 is 0 Å². The van der Waals surface area contributed by atoms with E-state index in [-0.39, 0.29) is 0 Å². The van der Waals surface area contributed by atoms with Gasteiger partial charge >= 0.3 is 5.97 Å². The van der Waals surface area contributed by atoms with Gasteiger partial charge in [-0.2, -0.15) is 0 Å². The smallest absolute Gasteiger partial charge is 0.335 e. The van der Waals surface area contributed by atoms with Gasteiger partial charge in [-0.05, 0) is 43.5 Å². The zero-order chi connectivity index (χ0) is 11.2. The Kier molecular flexibility index (Phi) is 2.03. The highest BCUT2D eigenvalue weighted by Crippen LogP contribution is 2.27. The normalized spacial score (nSPS) is 10.9. The molecule has 1 heterocycles.